The molecule has 0 amide bonds. The van der Waals surface area contributed by atoms with Gasteiger partial charge in [0.15, 0.2) is 0 Å². The quantitative estimate of drug-likeness (QED) is 0.0575. The van der Waals surface area contributed by atoms with E-state index in [2.05, 4.69) is 228 Å². The van der Waals surface area contributed by atoms with Gasteiger partial charge in [-0.1, -0.05) is 123 Å². The normalized spacial score (nSPS) is 9.15. The third kappa shape index (κ3) is 14.0. The van der Waals surface area contributed by atoms with Crippen LogP contribution in [0, 0.1) is 33.3 Å². The first-order chi connectivity index (χ1) is 26.1. The van der Waals surface area contributed by atoms with Crippen molar-refractivity contribution in [2.75, 3.05) is 0 Å². The first-order valence-corrected chi connectivity index (χ1v) is 19.6. The maximum Gasteiger partial charge on any atom is 0.301 e. The molecule has 6 nitrogen and oxygen atoms in total. The van der Waals surface area contributed by atoms with Gasteiger partial charge in [0.25, 0.3) is 0 Å². The molecule has 0 bridgehead atoms. The summed E-state index contributed by atoms with van der Waals surface area (Å²) in [5.74, 6) is 0. The minimum Gasteiger partial charge on any atom is -0.148 e. The largest absolute Gasteiger partial charge is 0.301 e. The van der Waals surface area contributed by atoms with Crippen LogP contribution in [0.15, 0.2) is 182 Å². The number of nitrogens with zero attached hydrogens (tertiary/aromatic N) is 1. The summed E-state index contributed by atoms with van der Waals surface area (Å²) in [5.41, 5.74) is 0. The van der Waals surface area contributed by atoms with Crippen LogP contribution in [0.3, 0.4) is 0 Å². The predicted octanol–water partition coefficient (Wildman–Crippen LogP) is 7.16. The van der Waals surface area contributed by atoms with E-state index in [1.54, 1.807) is 0 Å². The molecule has 10 heteroatoms. The Hall–Kier alpha value is -4.53. The van der Waals surface area contributed by atoms with Crippen LogP contribution in [0.2, 0.25) is 0 Å². The van der Waals surface area contributed by atoms with E-state index < -0.39 is 14.1 Å². The van der Waals surface area contributed by atoms with Crippen LogP contribution in [-0.2, 0) is 53.3 Å². The van der Waals surface area contributed by atoms with Crippen molar-refractivity contribution in [2.24, 2.45) is 0 Å². The van der Waals surface area contributed by atoms with Gasteiger partial charge in [-0.15, -0.1) is 4.17 Å². The zero-order valence-corrected chi connectivity index (χ0v) is 33.5. The third-order valence-corrected chi connectivity index (χ3v) is 15.5. The molecule has 0 fully saturated rings. The van der Waals surface area contributed by atoms with E-state index in [9.17, 15) is 0 Å². The van der Waals surface area contributed by atoms with Gasteiger partial charge in [-0.3, -0.25) is 0 Å². The molecule has 54 heavy (non-hydrogen) atoms. The number of rotatable bonds is 6. The van der Waals surface area contributed by atoms with E-state index in [1.165, 1.54) is 31.8 Å². The van der Waals surface area contributed by atoms with E-state index in [4.69, 9.17) is 27.4 Å². The fourth-order valence-electron chi connectivity index (χ4n) is 5.27. The Balaban J connectivity index is 0. The molecule has 0 heterocycles. The summed E-state index contributed by atoms with van der Waals surface area (Å²) in [6.07, 6.45) is 0. The minimum atomic E-state index is -2.50. The minimum absolute atomic E-state index is 0. The summed E-state index contributed by atoms with van der Waals surface area (Å²) in [6, 6.07) is 65.7. The van der Waals surface area contributed by atoms with Gasteiger partial charge in [-0.05, 0) is 72.8 Å². The molecule has 6 aromatic rings. The maximum absolute atomic E-state index is 7.50. The van der Waals surface area contributed by atoms with Gasteiger partial charge in [-0.2, -0.15) is 5.25 Å². The number of hydrogen-bond donors (Lipinski definition) is 0. The Morgan fingerprint density at radius 1 is 0.352 bits per heavy atom. The second-order valence-corrected chi connectivity index (χ2v) is 17.7. The van der Waals surface area contributed by atoms with E-state index in [0.29, 0.717) is 5.25 Å². The van der Waals surface area contributed by atoms with E-state index in [1.807, 2.05) is 13.8 Å². The Labute approximate surface area is 336 Å². The van der Waals surface area contributed by atoms with Crippen molar-refractivity contribution in [3.05, 3.63) is 215 Å². The molecule has 0 saturated heterocycles. The molecule has 6 aromatic carbocycles. The Morgan fingerprint density at radius 3 is 0.574 bits per heavy atom. The van der Waals surface area contributed by atoms with Gasteiger partial charge >= 0.3 is 70.6 Å². The van der Waals surface area contributed by atoms with Crippen LogP contribution in [0.4, 0.5) is 0 Å². The molecular weight excluding hydrogens is 768 g/mol. The zero-order valence-electron chi connectivity index (χ0n) is 29.6. The molecular formula is C44H37CrNO5P2S. The van der Waals surface area contributed by atoms with Crippen LogP contribution in [0.1, 0.15) is 13.8 Å². The number of benzene rings is 6. The average Bonchev–Trinajstić information content (AvgIpc) is 3.27. The molecule has 0 atom stereocenters. The smallest absolute Gasteiger partial charge is 0.148 e. The fourth-order valence-corrected chi connectivity index (χ4v) is 14.8. The molecule has 0 aliphatic rings. The molecule has 0 radical (unpaired) electrons. The SMILES string of the molecule is CC(C)[S-].[C-]#[O+].[C-]#[O+].[C-]#[O+].[C-]#[O+].[C-]#[O+].[Cr].c1ccc(P(=[N+]=P(c2ccccc2)(c2ccccc2)c2ccccc2)(c2ccccc2)c2ccccc2)cc1. The maximum atomic E-state index is 7.50. The van der Waals surface area contributed by atoms with Crippen LogP contribution in [0.5, 0.6) is 0 Å². The first-order valence-electron chi connectivity index (χ1n) is 15.6. The topological polar surface area (TPSA) is 114 Å². The van der Waals surface area contributed by atoms with E-state index in [-0.39, 0.29) is 17.4 Å². The van der Waals surface area contributed by atoms with Gasteiger partial charge in [0.2, 0.25) is 0 Å². The van der Waals surface area contributed by atoms with Gasteiger partial charge in [0.05, 0.1) is 31.8 Å². The van der Waals surface area contributed by atoms with Gasteiger partial charge < -0.3 is 12.6 Å². The van der Waals surface area contributed by atoms with Gasteiger partial charge in [0.1, 0.15) is 0 Å². The summed E-state index contributed by atoms with van der Waals surface area (Å²) < 4.78 is 43.9. The van der Waals surface area contributed by atoms with Crippen molar-refractivity contribution in [1.82, 2.24) is 4.17 Å². The van der Waals surface area contributed by atoms with Gasteiger partial charge in [0, 0.05) is 17.4 Å². The second kappa shape index (κ2) is 30.9. The van der Waals surface area contributed by atoms with Crippen molar-refractivity contribution in [1.29, 1.82) is 0 Å². The number of hydrogen-bond acceptors (Lipinski definition) is 1. The molecule has 0 spiro atoms. The summed E-state index contributed by atoms with van der Waals surface area (Å²) in [7, 11) is -4.99. The summed E-state index contributed by atoms with van der Waals surface area (Å²) in [5, 5.41) is 7.97. The molecule has 0 aromatic heterocycles. The standard InChI is InChI=1S/C36H30NP2.C3H8S.5CO.Cr/c1-7-19-31(20-8-1)38(32-21-9-2-10-22-32,33-23-11-3-12-24-33)37-39(34-25-13-4-14-26-34,35-27-15-5-16-28-35)36-29-17-6-18-30-36;1-3(2)4;5*1-2;/h1-30H;3-4H,1-2H3;;;;;;/q+1;;;;;;;/p-1. The first kappa shape index (κ1) is 51.6. The van der Waals surface area contributed by atoms with Crippen molar-refractivity contribution in [3.8, 4) is 0 Å². The Kier molecular flexibility index (Phi) is 29.5. The molecule has 270 valence electrons. The van der Waals surface area contributed by atoms with E-state index in [0.717, 1.165) is 0 Å². The van der Waals surface area contributed by atoms with Crippen molar-refractivity contribution >= 4 is 58.6 Å². The van der Waals surface area contributed by atoms with Crippen LogP contribution < -0.4 is 36.0 Å². The molecule has 0 aliphatic heterocycles. The van der Waals surface area contributed by atoms with Crippen molar-refractivity contribution in [2.45, 2.75) is 19.1 Å². The monoisotopic (exact) mass is 805 g/mol. The van der Waals surface area contributed by atoms with Crippen LogP contribution in [-0.4, -0.2) is 5.25 Å². The Bertz CT molecular complexity index is 1710. The fraction of sp³-hybridized carbons (Fsp3) is 0.0682. The van der Waals surface area contributed by atoms with Crippen LogP contribution >= 0.6 is 14.1 Å². The summed E-state index contributed by atoms with van der Waals surface area (Å²) in [6.45, 7) is 26.5. The van der Waals surface area contributed by atoms with Crippen LogP contribution in [0.25, 0.3) is 0 Å². The molecule has 0 aliphatic carbocycles. The zero-order chi connectivity index (χ0) is 40.0. The summed E-state index contributed by atoms with van der Waals surface area (Å²) in [4.78, 5) is 0. The second-order valence-electron chi connectivity index (χ2n) is 10.4. The van der Waals surface area contributed by atoms with Crippen molar-refractivity contribution in [3.63, 3.8) is 0 Å². The third-order valence-electron chi connectivity index (χ3n) is 7.05. The van der Waals surface area contributed by atoms with Crippen molar-refractivity contribution < 1.29 is 40.6 Å². The Morgan fingerprint density at radius 2 is 0.463 bits per heavy atom. The summed E-state index contributed by atoms with van der Waals surface area (Å²) >= 11 is 4.62. The van der Waals surface area contributed by atoms with E-state index >= 15 is 0 Å². The average molecular weight is 806 g/mol. The molecule has 6 rings (SSSR count). The van der Waals surface area contributed by atoms with Gasteiger partial charge in [-0.25, -0.2) is 0 Å². The predicted molar refractivity (Wildman–Crippen MR) is 215 cm³/mol. The molecule has 0 unspecified atom stereocenters. The molecule has 0 N–H and O–H groups in total. The molecule has 0 saturated carbocycles.